The van der Waals surface area contributed by atoms with Crippen molar-refractivity contribution < 1.29 is 9.50 Å². The van der Waals surface area contributed by atoms with Crippen molar-refractivity contribution in [1.29, 1.82) is 0 Å². The molecular formula is C15H23ClFNO. The number of rotatable bonds is 7. The van der Waals surface area contributed by atoms with E-state index in [1.165, 1.54) is 6.07 Å². The van der Waals surface area contributed by atoms with E-state index in [0.29, 0.717) is 29.5 Å². The lowest BCUT2D eigenvalue weighted by molar-refractivity contribution is 0.0505. The van der Waals surface area contributed by atoms with E-state index >= 15 is 0 Å². The molecule has 0 amide bonds. The smallest absolute Gasteiger partial charge is 0.127 e. The van der Waals surface area contributed by atoms with Crippen molar-refractivity contribution in [3.8, 4) is 0 Å². The molecule has 4 heteroatoms. The zero-order valence-electron chi connectivity index (χ0n) is 11.8. The fourth-order valence-corrected chi connectivity index (χ4v) is 2.15. The number of aliphatic hydroxyl groups is 1. The van der Waals surface area contributed by atoms with Gasteiger partial charge in [-0.2, -0.15) is 0 Å². The van der Waals surface area contributed by atoms with Gasteiger partial charge in [-0.15, -0.1) is 0 Å². The van der Waals surface area contributed by atoms with Gasteiger partial charge in [-0.25, -0.2) is 4.39 Å². The molecule has 1 atom stereocenters. The Bertz CT molecular complexity index is 387. The van der Waals surface area contributed by atoms with Crippen LogP contribution in [0.25, 0.3) is 0 Å². The normalized spacial score (nSPS) is 14.7. The Morgan fingerprint density at radius 1 is 1.42 bits per heavy atom. The predicted molar refractivity (Wildman–Crippen MR) is 78.1 cm³/mol. The maximum absolute atomic E-state index is 13.7. The molecule has 0 aromatic heterocycles. The van der Waals surface area contributed by atoms with E-state index in [2.05, 4.69) is 19.2 Å². The molecule has 2 nitrogen and oxygen atoms in total. The van der Waals surface area contributed by atoms with Gasteiger partial charge < -0.3 is 10.4 Å². The Balaban J connectivity index is 2.54. The van der Waals surface area contributed by atoms with E-state index in [1.807, 2.05) is 0 Å². The lowest BCUT2D eigenvalue weighted by atomic mass is 9.93. The molecule has 1 aromatic carbocycles. The zero-order valence-corrected chi connectivity index (χ0v) is 12.6. The van der Waals surface area contributed by atoms with Gasteiger partial charge in [0.2, 0.25) is 0 Å². The van der Waals surface area contributed by atoms with Crippen LogP contribution in [0.15, 0.2) is 18.2 Å². The first-order chi connectivity index (χ1) is 8.82. The Hall–Kier alpha value is -0.640. The average Bonchev–Trinajstić information content (AvgIpc) is 2.30. The quantitative estimate of drug-likeness (QED) is 0.753. The van der Waals surface area contributed by atoms with E-state index < -0.39 is 5.60 Å². The molecule has 0 spiro atoms. The second-order valence-electron chi connectivity index (χ2n) is 5.72. The highest BCUT2D eigenvalue weighted by atomic mass is 35.5. The van der Waals surface area contributed by atoms with Crippen LogP contribution in [0.2, 0.25) is 5.02 Å². The molecule has 0 bridgehead atoms. The Kier molecular flexibility index (Phi) is 6.24. The van der Waals surface area contributed by atoms with Crippen molar-refractivity contribution in [2.75, 3.05) is 13.1 Å². The standard InChI is InChI=1S/C15H23ClFNO/c1-11(2)10-18-8-7-15(3,19)9-12-13(16)5-4-6-14(12)17/h4-6,11,18-19H,7-10H2,1-3H3. The first kappa shape index (κ1) is 16.4. The molecule has 1 unspecified atom stereocenters. The molecule has 0 saturated heterocycles. The summed E-state index contributed by atoms with van der Waals surface area (Å²) < 4.78 is 13.7. The molecule has 108 valence electrons. The molecule has 2 N–H and O–H groups in total. The van der Waals surface area contributed by atoms with Gasteiger partial charge in [-0.3, -0.25) is 0 Å². The van der Waals surface area contributed by atoms with Gasteiger partial charge in [0.15, 0.2) is 0 Å². The molecule has 1 rings (SSSR count). The molecule has 19 heavy (non-hydrogen) atoms. The first-order valence-electron chi connectivity index (χ1n) is 6.68. The summed E-state index contributed by atoms with van der Waals surface area (Å²) in [6.07, 6.45) is 0.784. The predicted octanol–water partition coefficient (Wildman–Crippen LogP) is 3.41. The summed E-state index contributed by atoms with van der Waals surface area (Å²) in [4.78, 5) is 0. The molecule has 0 aliphatic carbocycles. The van der Waals surface area contributed by atoms with Gasteiger partial charge in [0.25, 0.3) is 0 Å². The topological polar surface area (TPSA) is 32.3 Å². The molecule has 0 fully saturated rings. The Morgan fingerprint density at radius 2 is 2.11 bits per heavy atom. The number of hydrogen-bond acceptors (Lipinski definition) is 2. The minimum Gasteiger partial charge on any atom is -0.390 e. The fourth-order valence-electron chi connectivity index (χ4n) is 1.92. The maximum atomic E-state index is 13.7. The lowest BCUT2D eigenvalue weighted by Gasteiger charge is -2.24. The minimum atomic E-state index is -0.962. The third kappa shape index (κ3) is 5.89. The van der Waals surface area contributed by atoms with Crippen LogP contribution >= 0.6 is 11.6 Å². The van der Waals surface area contributed by atoms with Crippen molar-refractivity contribution in [1.82, 2.24) is 5.32 Å². The SMILES string of the molecule is CC(C)CNCCC(C)(O)Cc1c(F)cccc1Cl. The summed E-state index contributed by atoms with van der Waals surface area (Å²) >= 11 is 5.97. The lowest BCUT2D eigenvalue weighted by Crippen LogP contribution is -2.33. The molecule has 0 aliphatic heterocycles. The van der Waals surface area contributed by atoms with Crippen LogP contribution < -0.4 is 5.32 Å². The van der Waals surface area contributed by atoms with E-state index in [4.69, 9.17) is 11.6 Å². The number of nitrogens with one attached hydrogen (secondary N) is 1. The summed E-state index contributed by atoms with van der Waals surface area (Å²) in [5.74, 6) is 0.217. The largest absolute Gasteiger partial charge is 0.390 e. The van der Waals surface area contributed by atoms with E-state index in [0.717, 1.165) is 6.54 Å². The highest BCUT2D eigenvalue weighted by Gasteiger charge is 2.23. The maximum Gasteiger partial charge on any atom is 0.127 e. The first-order valence-corrected chi connectivity index (χ1v) is 7.05. The molecule has 0 aliphatic rings. The summed E-state index contributed by atoms with van der Waals surface area (Å²) in [5, 5.41) is 14.0. The van der Waals surface area contributed by atoms with Gasteiger partial charge >= 0.3 is 0 Å². The monoisotopic (exact) mass is 287 g/mol. The van der Waals surface area contributed by atoms with Gasteiger partial charge in [0.1, 0.15) is 5.82 Å². The van der Waals surface area contributed by atoms with Gasteiger partial charge in [-0.05, 0) is 44.5 Å². The molecule has 0 saturated carbocycles. The average molecular weight is 288 g/mol. The second kappa shape index (κ2) is 7.22. The van der Waals surface area contributed by atoms with Gasteiger partial charge in [0, 0.05) is 17.0 Å². The summed E-state index contributed by atoms with van der Waals surface area (Å²) in [6.45, 7) is 7.59. The Morgan fingerprint density at radius 3 is 2.68 bits per heavy atom. The van der Waals surface area contributed by atoms with Crippen LogP contribution in [0.5, 0.6) is 0 Å². The summed E-state index contributed by atoms with van der Waals surface area (Å²) in [6, 6.07) is 4.58. The number of halogens is 2. The van der Waals surface area contributed by atoms with E-state index in [1.54, 1.807) is 19.1 Å². The van der Waals surface area contributed by atoms with E-state index in [9.17, 15) is 9.50 Å². The molecule has 0 heterocycles. The van der Waals surface area contributed by atoms with Crippen LogP contribution in [0.1, 0.15) is 32.8 Å². The van der Waals surface area contributed by atoms with Gasteiger partial charge in [0.05, 0.1) is 5.60 Å². The molecule has 0 radical (unpaired) electrons. The van der Waals surface area contributed by atoms with E-state index in [-0.39, 0.29) is 12.2 Å². The second-order valence-corrected chi connectivity index (χ2v) is 6.13. The van der Waals surface area contributed by atoms with Crippen molar-refractivity contribution >= 4 is 11.6 Å². The van der Waals surface area contributed by atoms with Crippen molar-refractivity contribution in [2.45, 2.75) is 39.2 Å². The Labute approximate surface area is 120 Å². The third-order valence-corrected chi connectivity index (χ3v) is 3.37. The highest BCUT2D eigenvalue weighted by molar-refractivity contribution is 6.31. The van der Waals surface area contributed by atoms with Crippen molar-refractivity contribution in [2.24, 2.45) is 5.92 Å². The van der Waals surface area contributed by atoms with Crippen LogP contribution in [-0.2, 0) is 6.42 Å². The van der Waals surface area contributed by atoms with Crippen LogP contribution in [-0.4, -0.2) is 23.8 Å². The van der Waals surface area contributed by atoms with Crippen molar-refractivity contribution in [3.63, 3.8) is 0 Å². The van der Waals surface area contributed by atoms with Crippen LogP contribution in [0.4, 0.5) is 4.39 Å². The number of benzene rings is 1. The fraction of sp³-hybridized carbons (Fsp3) is 0.600. The van der Waals surface area contributed by atoms with Gasteiger partial charge in [-0.1, -0.05) is 31.5 Å². The number of hydrogen-bond donors (Lipinski definition) is 2. The third-order valence-electron chi connectivity index (χ3n) is 3.01. The van der Waals surface area contributed by atoms with Crippen LogP contribution in [0.3, 0.4) is 0 Å². The summed E-state index contributed by atoms with van der Waals surface area (Å²) in [5.41, 5.74) is -0.575. The zero-order chi connectivity index (χ0) is 14.5. The van der Waals surface area contributed by atoms with Crippen molar-refractivity contribution in [3.05, 3.63) is 34.6 Å². The van der Waals surface area contributed by atoms with Crippen LogP contribution in [0, 0.1) is 11.7 Å². The highest BCUT2D eigenvalue weighted by Crippen LogP contribution is 2.25. The molecular weight excluding hydrogens is 265 g/mol. The summed E-state index contributed by atoms with van der Waals surface area (Å²) in [7, 11) is 0. The minimum absolute atomic E-state index is 0.224. The molecule has 1 aromatic rings.